The molecule has 1 N–H and O–H groups in total. The number of carboxylic acid groups (broad SMARTS) is 1. The lowest BCUT2D eigenvalue weighted by Gasteiger charge is -2.04. The van der Waals surface area contributed by atoms with E-state index in [9.17, 15) is 9.90 Å². The minimum atomic E-state index is -1.07. The lowest BCUT2D eigenvalue weighted by molar-refractivity contribution is 0.0697. The van der Waals surface area contributed by atoms with E-state index in [1.54, 1.807) is 48.0 Å². The van der Waals surface area contributed by atoms with Crippen LogP contribution in [-0.2, 0) is 7.05 Å². The molecule has 0 aliphatic heterocycles. The second-order valence-corrected chi connectivity index (χ2v) is 5.66. The second kappa shape index (κ2) is 6.01. The summed E-state index contributed by atoms with van der Waals surface area (Å²) >= 11 is 5.91. The predicted molar refractivity (Wildman–Crippen MR) is 89.0 cm³/mol. The average Bonchev–Trinajstić information content (AvgIpc) is 3.12. The summed E-state index contributed by atoms with van der Waals surface area (Å²) in [5.41, 5.74) is 2.40. The van der Waals surface area contributed by atoms with E-state index in [-0.39, 0.29) is 10.6 Å². The van der Waals surface area contributed by atoms with Crippen molar-refractivity contribution in [3.05, 3.63) is 46.7 Å². The quantitative estimate of drug-likeness (QED) is 0.785. The van der Waals surface area contributed by atoms with E-state index in [2.05, 4.69) is 10.2 Å². The van der Waals surface area contributed by atoms with Crippen LogP contribution in [0, 0.1) is 6.92 Å². The summed E-state index contributed by atoms with van der Waals surface area (Å²) in [6.45, 7) is 1.90. The number of hydrogen-bond donors (Lipinski definition) is 1. The first-order chi connectivity index (χ1) is 11.4. The van der Waals surface area contributed by atoms with Crippen LogP contribution < -0.4 is 4.74 Å². The van der Waals surface area contributed by atoms with Gasteiger partial charge in [0.2, 0.25) is 5.88 Å². The molecule has 0 fully saturated rings. The molecule has 2 heterocycles. The highest BCUT2D eigenvalue weighted by molar-refractivity contribution is 6.33. The van der Waals surface area contributed by atoms with E-state index in [4.69, 9.17) is 16.3 Å². The van der Waals surface area contributed by atoms with Crippen LogP contribution in [0.25, 0.3) is 16.9 Å². The Labute approximate surface area is 143 Å². The number of halogens is 1. The third-order valence-electron chi connectivity index (χ3n) is 3.73. The number of carboxylic acids is 1. The second-order valence-electron chi connectivity index (χ2n) is 5.25. The van der Waals surface area contributed by atoms with E-state index in [0.717, 1.165) is 22.5 Å². The largest absolute Gasteiger partial charge is 0.480 e. The van der Waals surface area contributed by atoms with Crippen molar-refractivity contribution >= 4 is 17.6 Å². The molecule has 0 aliphatic carbocycles. The molecule has 0 saturated carbocycles. The van der Waals surface area contributed by atoms with Gasteiger partial charge in [-0.25, -0.2) is 14.2 Å². The Balaban J connectivity index is 2.05. The Morgan fingerprint density at radius 1 is 1.33 bits per heavy atom. The van der Waals surface area contributed by atoms with Crippen molar-refractivity contribution < 1.29 is 14.6 Å². The van der Waals surface area contributed by atoms with Gasteiger partial charge in [-0.2, -0.15) is 5.10 Å². The van der Waals surface area contributed by atoms with Gasteiger partial charge >= 0.3 is 5.97 Å². The number of methoxy groups -OCH3 is 1. The van der Waals surface area contributed by atoms with E-state index >= 15 is 0 Å². The number of carbonyl (C=O) groups is 1. The van der Waals surface area contributed by atoms with Gasteiger partial charge in [-0.15, -0.1) is 5.10 Å². The van der Waals surface area contributed by atoms with Crippen molar-refractivity contribution in [2.24, 2.45) is 7.05 Å². The summed E-state index contributed by atoms with van der Waals surface area (Å²) < 4.78 is 8.57. The van der Waals surface area contributed by atoms with Crippen LogP contribution in [-0.4, -0.2) is 37.7 Å². The first-order valence-corrected chi connectivity index (χ1v) is 7.46. The molecule has 0 spiro atoms. The number of benzene rings is 1. The Kier molecular flexibility index (Phi) is 4.02. The SMILES string of the molecule is COc1nn(C)c(-n2cc(-c3ccc(Cl)c(C(=O)O)c3)cn2)c1C. The zero-order valence-corrected chi connectivity index (χ0v) is 14.1. The van der Waals surface area contributed by atoms with Crippen molar-refractivity contribution in [3.8, 4) is 22.8 Å². The molecule has 0 aliphatic rings. The molecule has 0 saturated heterocycles. The van der Waals surface area contributed by atoms with Gasteiger partial charge in [-0.1, -0.05) is 17.7 Å². The summed E-state index contributed by atoms with van der Waals surface area (Å²) in [6.07, 6.45) is 3.46. The van der Waals surface area contributed by atoms with Crippen LogP contribution in [0.5, 0.6) is 5.88 Å². The van der Waals surface area contributed by atoms with Crippen LogP contribution in [0.4, 0.5) is 0 Å². The van der Waals surface area contributed by atoms with E-state index < -0.39 is 5.97 Å². The summed E-state index contributed by atoms with van der Waals surface area (Å²) in [7, 11) is 3.37. The smallest absolute Gasteiger partial charge is 0.337 e. The Hall–Kier alpha value is -2.80. The standard InChI is InChI=1S/C16H15ClN4O3/c1-9-14(24-3)19-20(2)15(9)21-8-11(7-18-21)10-4-5-13(17)12(6-10)16(22)23/h4-8H,1-3H3,(H,22,23). The molecule has 0 atom stereocenters. The maximum Gasteiger partial charge on any atom is 0.337 e. The molecule has 0 bridgehead atoms. The molecule has 2 aromatic heterocycles. The van der Waals surface area contributed by atoms with Gasteiger partial charge in [-0.3, -0.25) is 0 Å². The average molecular weight is 347 g/mol. The third-order valence-corrected chi connectivity index (χ3v) is 4.06. The van der Waals surface area contributed by atoms with Gasteiger partial charge in [-0.05, 0) is 24.6 Å². The molecule has 24 heavy (non-hydrogen) atoms. The number of rotatable bonds is 4. The molecular formula is C16H15ClN4O3. The molecule has 0 amide bonds. The summed E-state index contributed by atoms with van der Waals surface area (Å²) in [5.74, 6) is 0.233. The maximum atomic E-state index is 11.2. The highest BCUT2D eigenvalue weighted by Crippen LogP contribution is 2.27. The minimum absolute atomic E-state index is 0.0558. The van der Waals surface area contributed by atoms with E-state index in [1.165, 1.54) is 6.07 Å². The first kappa shape index (κ1) is 16.1. The van der Waals surface area contributed by atoms with Gasteiger partial charge in [0.25, 0.3) is 0 Å². The Morgan fingerprint density at radius 2 is 2.08 bits per heavy atom. The normalized spacial score (nSPS) is 10.8. The molecule has 1 aromatic carbocycles. The Morgan fingerprint density at radius 3 is 2.71 bits per heavy atom. The molecule has 3 aromatic rings. The van der Waals surface area contributed by atoms with Crippen LogP contribution >= 0.6 is 11.6 Å². The lowest BCUT2D eigenvalue weighted by atomic mass is 10.1. The van der Waals surface area contributed by atoms with Crippen LogP contribution in [0.15, 0.2) is 30.6 Å². The van der Waals surface area contributed by atoms with Crippen molar-refractivity contribution in [2.75, 3.05) is 7.11 Å². The van der Waals surface area contributed by atoms with Gasteiger partial charge < -0.3 is 9.84 Å². The van der Waals surface area contributed by atoms with Crippen LogP contribution in [0.3, 0.4) is 0 Å². The third kappa shape index (κ3) is 2.63. The van der Waals surface area contributed by atoms with E-state index in [1.807, 2.05) is 6.92 Å². The van der Waals surface area contributed by atoms with Gasteiger partial charge in [0.1, 0.15) is 0 Å². The predicted octanol–water partition coefficient (Wildman–Crippen LogP) is 2.94. The van der Waals surface area contributed by atoms with Crippen LogP contribution in [0.2, 0.25) is 5.02 Å². The fraction of sp³-hybridized carbons (Fsp3) is 0.188. The summed E-state index contributed by atoms with van der Waals surface area (Å²) in [6, 6.07) is 4.85. The molecule has 0 unspecified atom stereocenters. The number of hydrogen-bond acceptors (Lipinski definition) is 4. The first-order valence-electron chi connectivity index (χ1n) is 7.08. The maximum absolute atomic E-state index is 11.2. The highest BCUT2D eigenvalue weighted by Gasteiger charge is 2.16. The highest BCUT2D eigenvalue weighted by atomic mass is 35.5. The number of ether oxygens (including phenoxy) is 1. The number of aromatic nitrogens is 4. The molecular weight excluding hydrogens is 332 g/mol. The van der Waals surface area contributed by atoms with Crippen molar-refractivity contribution in [3.63, 3.8) is 0 Å². The molecule has 0 radical (unpaired) electrons. The topological polar surface area (TPSA) is 82.2 Å². The van der Waals surface area contributed by atoms with Gasteiger partial charge in [0.15, 0.2) is 5.82 Å². The van der Waals surface area contributed by atoms with Gasteiger partial charge in [0, 0.05) is 18.8 Å². The number of nitrogens with zero attached hydrogens (tertiary/aromatic N) is 4. The molecule has 8 heteroatoms. The zero-order chi connectivity index (χ0) is 17.4. The Bertz CT molecular complexity index is 930. The fourth-order valence-electron chi connectivity index (χ4n) is 2.57. The van der Waals surface area contributed by atoms with Crippen LogP contribution in [0.1, 0.15) is 15.9 Å². The summed E-state index contributed by atoms with van der Waals surface area (Å²) in [4.78, 5) is 11.2. The molecule has 124 valence electrons. The van der Waals surface area contributed by atoms with Crippen molar-refractivity contribution in [2.45, 2.75) is 6.92 Å². The minimum Gasteiger partial charge on any atom is -0.480 e. The molecule has 7 nitrogen and oxygen atoms in total. The summed E-state index contributed by atoms with van der Waals surface area (Å²) in [5, 5.41) is 18.0. The number of aromatic carboxylic acids is 1. The fourth-order valence-corrected chi connectivity index (χ4v) is 2.77. The van der Waals surface area contributed by atoms with Crippen molar-refractivity contribution in [1.82, 2.24) is 19.6 Å². The van der Waals surface area contributed by atoms with Crippen molar-refractivity contribution in [1.29, 1.82) is 0 Å². The zero-order valence-electron chi connectivity index (χ0n) is 13.3. The number of aryl methyl sites for hydroxylation is 1. The van der Waals surface area contributed by atoms with Gasteiger partial charge in [0.05, 0.1) is 29.5 Å². The van der Waals surface area contributed by atoms with E-state index in [0.29, 0.717) is 5.88 Å². The molecule has 3 rings (SSSR count). The lowest BCUT2D eigenvalue weighted by Crippen LogP contribution is -2.04. The monoisotopic (exact) mass is 346 g/mol.